The maximum atomic E-state index is 12.6. The molecule has 2 aromatic rings. The van der Waals surface area contributed by atoms with E-state index in [-0.39, 0.29) is 16.6 Å². The number of hydrogen-bond donors (Lipinski definition) is 3. The van der Waals surface area contributed by atoms with Gasteiger partial charge in [0.1, 0.15) is 12.0 Å². The standard InChI is InChI=1S/C13H10BF3N2O5/c15-13(16,17)11-10(19-6-24-11)4-18-12(21)7-1-2-9(14(22)23)8(3-7)5-20/h1-3,5-6,22-23H,4H2,(H,18,21). The summed E-state index contributed by atoms with van der Waals surface area (Å²) in [5.41, 5.74) is -0.764. The molecule has 1 heterocycles. The third kappa shape index (κ3) is 3.81. The lowest BCUT2D eigenvalue weighted by Gasteiger charge is -2.09. The minimum atomic E-state index is -4.74. The van der Waals surface area contributed by atoms with Crippen molar-refractivity contribution in [3.05, 3.63) is 47.2 Å². The van der Waals surface area contributed by atoms with Gasteiger partial charge in [0.15, 0.2) is 6.39 Å². The quantitative estimate of drug-likeness (QED) is 0.525. The maximum Gasteiger partial charge on any atom is 0.489 e. The van der Waals surface area contributed by atoms with E-state index in [4.69, 9.17) is 10.0 Å². The summed E-state index contributed by atoms with van der Waals surface area (Å²) in [5.74, 6) is -2.08. The molecule has 7 nitrogen and oxygen atoms in total. The van der Waals surface area contributed by atoms with Crippen LogP contribution in [-0.2, 0) is 12.7 Å². The van der Waals surface area contributed by atoms with Crippen molar-refractivity contribution >= 4 is 24.8 Å². The van der Waals surface area contributed by atoms with Gasteiger partial charge in [-0.3, -0.25) is 9.59 Å². The summed E-state index contributed by atoms with van der Waals surface area (Å²) in [6.45, 7) is -0.537. The van der Waals surface area contributed by atoms with E-state index in [0.29, 0.717) is 12.7 Å². The van der Waals surface area contributed by atoms with Gasteiger partial charge in [0.05, 0.1) is 6.54 Å². The second kappa shape index (κ2) is 6.85. The molecule has 1 amide bonds. The second-order valence-electron chi connectivity index (χ2n) is 4.64. The summed E-state index contributed by atoms with van der Waals surface area (Å²) in [6, 6.07) is 3.44. The number of benzene rings is 1. The van der Waals surface area contributed by atoms with Crippen LogP contribution in [-0.4, -0.2) is 34.3 Å². The van der Waals surface area contributed by atoms with Crippen LogP contribution < -0.4 is 10.8 Å². The fourth-order valence-electron chi connectivity index (χ4n) is 1.94. The molecule has 0 aliphatic carbocycles. The van der Waals surface area contributed by atoms with Gasteiger partial charge in [-0.25, -0.2) is 4.98 Å². The van der Waals surface area contributed by atoms with Crippen molar-refractivity contribution in [1.82, 2.24) is 10.3 Å². The van der Waals surface area contributed by atoms with Gasteiger partial charge >= 0.3 is 13.3 Å². The van der Waals surface area contributed by atoms with E-state index in [1.54, 1.807) is 0 Å². The molecule has 0 saturated carbocycles. The Morgan fingerprint density at radius 1 is 1.38 bits per heavy atom. The molecule has 126 valence electrons. The van der Waals surface area contributed by atoms with Crippen LogP contribution in [0.5, 0.6) is 0 Å². The Morgan fingerprint density at radius 2 is 2.08 bits per heavy atom. The van der Waals surface area contributed by atoms with Crippen molar-refractivity contribution in [2.45, 2.75) is 12.7 Å². The lowest BCUT2D eigenvalue weighted by Crippen LogP contribution is -2.34. The molecule has 0 saturated heterocycles. The van der Waals surface area contributed by atoms with Gasteiger partial charge in [-0.05, 0) is 17.6 Å². The predicted molar refractivity (Wildman–Crippen MR) is 74.3 cm³/mol. The number of alkyl halides is 3. The molecule has 2 rings (SSSR count). The number of nitrogens with one attached hydrogen (secondary N) is 1. The largest absolute Gasteiger partial charge is 0.489 e. The zero-order chi connectivity index (χ0) is 17.9. The Morgan fingerprint density at radius 3 is 2.67 bits per heavy atom. The minimum Gasteiger partial charge on any atom is -0.439 e. The fraction of sp³-hybridized carbons (Fsp3) is 0.154. The first kappa shape index (κ1) is 17.7. The van der Waals surface area contributed by atoms with Gasteiger partial charge in [-0.2, -0.15) is 13.2 Å². The zero-order valence-electron chi connectivity index (χ0n) is 11.9. The summed E-state index contributed by atoms with van der Waals surface area (Å²) < 4.78 is 42.1. The molecule has 11 heteroatoms. The molecule has 0 aliphatic heterocycles. The lowest BCUT2D eigenvalue weighted by atomic mass is 9.77. The highest BCUT2D eigenvalue weighted by molar-refractivity contribution is 6.60. The number of carbonyl (C=O) groups excluding carboxylic acids is 2. The third-order valence-electron chi connectivity index (χ3n) is 3.07. The average Bonchev–Trinajstić information content (AvgIpc) is 3.00. The fourth-order valence-corrected chi connectivity index (χ4v) is 1.94. The second-order valence-corrected chi connectivity index (χ2v) is 4.64. The zero-order valence-corrected chi connectivity index (χ0v) is 11.9. The van der Waals surface area contributed by atoms with Gasteiger partial charge in [0.2, 0.25) is 5.76 Å². The van der Waals surface area contributed by atoms with Crippen LogP contribution in [0.1, 0.15) is 32.2 Å². The Balaban J connectivity index is 2.14. The van der Waals surface area contributed by atoms with E-state index in [1.807, 2.05) is 0 Å². The molecule has 0 atom stereocenters. The van der Waals surface area contributed by atoms with Gasteiger partial charge in [-0.15, -0.1) is 0 Å². The van der Waals surface area contributed by atoms with E-state index in [1.165, 1.54) is 6.07 Å². The van der Waals surface area contributed by atoms with Crippen LogP contribution in [0, 0.1) is 0 Å². The summed E-state index contributed by atoms with van der Waals surface area (Å²) >= 11 is 0. The first-order chi connectivity index (χ1) is 11.2. The Hall–Kier alpha value is -2.66. The van der Waals surface area contributed by atoms with E-state index in [0.717, 1.165) is 12.1 Å². The lowest BCUT2D eigenvalue weighted by molar-refractivity contribution is -0.153. The van der Waals surface area contributed by atoms with Gasteiger partial charge in [0, 0.05) is 11.1 Å². The third-order valence-corrected chi connectivity index (χ3v) is 3.07. The number of rotatable bonds is 5. The molecule has 0 fully saturated rings. The van der Waals surface area contributed by atoms with Crippen molar-refractivity contribution in [2.24, 2.45) is 0 Å². The molecular weight excluding hydrogens is 332 g/mol. The van der Waals surface area contributed by atoms with Crippen molar-refractivity contribution in [2.75, 3.05) is 0 Å². The van der Waals surface area contributed by atoms with Gasteiger partial charge in [-0.1, -0.05) is 6.07 Å². The SMILES string of the molecule is O=Cc1cc(C(=O)NCc2ncoc2C(F)(F)F)ccc1B(O)O. The molecule has 0 aliphatic rings. The molecule has 1 aromatic heterocycles. The van der Waals surface area contributed by atoms with Crippen molar-refractivity contribution in [3.8, 4) is 0 Å². The van der Waals surface area contributed by atoms with Crippen molar-refractivity contribution < 1.29 is 37.2 Å². The number of halogens is 3. The van der Waals surface area contributed by atoms with Crippen molar-refractivity contribution in [3.63, 3.8) is 0 Å². The Labute approximate surface area is 133 Å². The van der Waals surface area contributed by atoms with Crippen LogP contribution >= 0.6 is 0 Å². The topological polar surface area (TPSA) is 113 Å². The smallest absolute Gasteiger partial charge is 0.439 e. The number of hydrogen-bond acceptors (Lipinski definition) is 6. The molecule has 3 N–H and O–H groups in total. The molecule has 24 heavy (non-hydrogen) atoms. The van der Waals surface area contributed by atoms with Crippen LogP contribution in [0.2, 0.25) is 0 Å². The van der Waals surface area contributed by atoms with Gasteiger partial charge in [0.25, 0.3) is 5.91 Å². The first-order valence-corrected chi connectivity index (χ1v) is 6.47. The van der Waals surface area contributed by atoms with Crippen LogP contribution in [0.3, 0.4) is 0 Å². The van der Waals surface area contributed by atoms with Crippen LogP contribution in [0.4, 0.5) is 13.2 Å². The number of aromatic nitrogens is 1. The van der Waals surface area contributed by atoms with E-state index < -0.39 is 37.2 Å². The van der Waals surface area contributed by atoms with E-state index in [9.17, 15) is 22.8 Å². The number of aldehydes is 1. The Bertz CT molecular complexity index is 760. The Kier molecular flexibility index (Phi) is 5.05. The highest BCUT2D eigenvalue weighted by Crippen LogP contribution is 2.31. The first-order valence-electron chi connectivity index (χ1n) is 6.47. The number of amides is 1. The number of nitrogens with zero attached hydrogens (tertiary/aromatic N) is 1. The average molecular weight is 342 g/mol. The number of carbonyl (C=O) groups is 2. The minimum absolute atomic E-state index is 0.0430. The summed E-state index contributed by atoms with van der Waals surface area (Å²) in [7, 11) is -1.90. The highest BCUT2D eigenvalue weighted by atomic mass is 19.4. The summed E-state index contributed by atoms with van der Waals surface area (Å²) in [4.78, 5) is 26.3. The van der Waals surface area contributed by atoms with Crippen molar-refractivity contribution in [1.29, 1.82) is 0 Å². The number of oxazole rings is 1. The molecule has 0 spiro atoms. The molecule has 0 unspecified atom stereocenters. The predicted octanol–water partition coefficient (Wildman–Crippen LogP) is 0.116. The van der Waals surface area contributed by atoms with E-state index in [2.05, 4.69) is 14.7 Å². The summed E-state index contributed by atoms with van der Waals surface area (Å²) in [6.07, 6.45) is -3.79. The van der Waals surface area contributed by atoms with Crippen LogP contribution in [0.25, 0.3) is 0 Å². The molecule has 1 aromatic carbocycles. The molecule has 0 radical (unpaired) electrons. The maximum absolute atomic E-state index is 12.6. The normalized spacial score (nSPS) is 11.2. The molecular formula is C13H10BF3N2O5. The molecule has 0 bridgehead atoms. The summed E-state index contributed by atoms with van der Waals surface area (Å²) in [5, 5.41) is 20.4. The van der Waals surface area contributed by atoms with Crippen LogP contribution in [0.15, 0.2) is 29.0 Å². The van der Waals surface area contributed by atoms with Gasteiger partial charge < -0.3 is 19.8 Å². The highest BCUT2D eigenvalue weighted by Gasteiger charge is 2.38. The van der Waals surface area contributed by atoms with E-state index >= 15 is 0 Å². The monoisotopic (exact) mass is 342 g/mol.